The van der Waals surface area contributed by atoms with E-state index >= 15 is 0 Å². The Kier molecular flexibility index (Phi) is 3.44. The predicted octanol–water partition coefficient (Wildman–Crippen LogP) is 3.07. The van der Waals surface area contributed by atoms with Crippen LogP contribution in [0.4, 0.5) is 5.13 Å². The van der Waals surface area contributed by atoms with Crippen molar-refractivity contribution in [2.24, 2.45) is 0 Å². The Hall–Kier alpha value is -0.0900. The second-order valence-electron chi connectivity index (χ2n) is 3.64. The molecule has 0 radical (unpaired) electrons. The van der Waals surface area contributed by atoms with E-state index in [1.807, 2.05) is 0 Å². The lowest BCUT2D eigenvalue weighted by Crippen LogP contribution is -2.33. The number of hydrogen-bond acceptors (Lipinski definition) is 3. The fraction of sp³-hybridized carbons (Fsp3) is 0.700. The van der Waals surface area contributed by atoms with Gasteiger partial charge in [0.25, 0.3) is 0 Å². The van der Waals surface area contributed by atoms with Crippen molar-refractivity contribution in [2.45, 2.75) is 31.0 Å². The quantitative estimate of drug-likeness (QED) is 0.771. The van der Waals surface area contributed by atoms with Crippen molar-refractivity contribution >= 4 is 32.4 Å². The van der Waals surface area contributed by atoms with Crippen LogP contribution in [0.2, 0.25) is 0 Å². The van der Waals surface area contributed by atoms with Crippen LogP contribution in [0.25, 0.3) is 0 Å². The number of aromatic nitrogens is 1. The average molecular weight is 275 g/mol. The third-order valence-corrected chi connectivity index (χ3v) is 4.46. The highest BCUT2D eigenvalue weighted by Crippen LogP contribution is 2.26. The summed E-state index contributed by atoms with van der Waals surface area (Å²) in [7, 11) is 0. The molecule has 0 atom stereocenters. The maximum absolute atomic E-state index is 4.61. The smallest absolute Gasteiger partial charge is 0.185 e. The van der Waals surface area contributed by atoms with Gasteiger partial charge < -0.3 is 4.90 Å². The van der Waals surface area contributed by atoms with E-state index in [0.717, 1.165) is 19.5 Å². The summed E-state index contributed by atoms with van der Waals surface area (Å²) in [5, 5.41) is 3.39. The molecule has 1 fully saturated rings. The van der Waals surface area contributed by atoms with Gasteiger partial charge in [-0.25, -0.2) is 4.98 Å². The van der Waals surface area contributed by atoms with Crippen LogP contribution in [0, 0.1) is 0 Å². The molecular weight excluding hydrogens is 260 g/mol. The molecule has 1 aliphatic rings. The molecule has 1 aliphatic heterocycles. The van der Waals surface area contributed by atoms with E-state index in [-0.39, 0.29) is 0 Å². The lowest BCUT2D eigenvalue weighted by atomic mass is 10.1. The van der Waals surface area contributed by atoms with Gasteiger partial charge in [-0.15, -0.1) is 11.3 Å². The third kappa shape index (κ3) is 2.28. The second-order valence-corrected chi connectivity index (χ2v) is 5.77. The lowest BCUT2D eigenvalue weighted by Gasteiger charge is -2.28. The highest BCUT2D eigenvalue weighted by Gasteiger charge is 2.18. The number of rotatable bonds is 2. The normalized spacial score (nSPS) is 18.9. The molecule has 0 spiro atoms. The van der Waals surface area contributed by atoms with Crippen molar-refractivity contribution in [3.63, 3.8) is 0 Å². The number of hydrogen-bond donors (Lipinski definition) is 0. The zero-order valence-electron chi connectivity index (χ0n) is 8.37. The Morgan fingerprint density at radius 2 is 2.29 bits per heavy atom. The van der Waals surface area contributed by atoms with Crippen molar-refractivity contribution in [1.29, 1.82) is 0 Å². The highest BCUT2D eigenvalue weighted by atomic mass is 79.9. The van der Waals surface area contributed by atoms with Crippen LogP contribution in [0.3, 0.4) is 0 Å². The van der Waals surface area contributed by atoms with Crippen LogP contribution >= 0.6 is 27.3 Å². The minimum absolute atomic E-state index is 0.712. The summed E-state index contributed by atoms with van der Waals surface area (Å²) in [6, 6.07) is 0. The molecule has 78 valence electrons. The SMILES string of the molecule is CCc1csc(N2CCC(Br)CC2)n1. The van der Waals surface area contributed by atoms with Gasteiger partial charge in [0, 0.05) is 23.3 Å². The van der Waals surface area contributed by atoms with Gasteiger partial charge in [0.2, 0.25) is 0 Å². The first-order chi connectivity index (χ1) is 6.79. The fourth-order valence-electron chi connectivity index (χ4n) is 1.64. The van der Waals surface area contributed by atoms with Crippen molar-refractivity contribution in [2.75, 3.05) is 18.0 Å². The summed E-state index contributed by atoms with van der Waals surface area (Å²) in [6.07, 6.45) is 3.52. The Labute approximate surface area is 97.5 Å². The molecule has 0 aliphatic carbocycles. The topological polar surface area (TPSA) is 16.1 Å². The molecular formula is C10H15BrN2S. The van der Waals surface area contributed by atoms with Crippen LogP contribution in [-0.2, 0) is 6.42 Å². The molecule has 2 rings (SSSR count). The molecule has 0 saturated carbocycles. The molecule has 4 heteroatoms. The minimum atomic E-state index is 0.712. The van der Waals surface area contributed by atoms with E-state index in [1.165, 1.54) is 23.7 Å². The van der Waals surface area contributed by atoms with Crippen molar-refractivity contribution in [3.8, 4) is 0 Å². The Morgan fingerprint density at radius 3 is 2.86 bits per heavy atom. The third-order valence-electron chi connectivity index (χ3n) is 2.60. The predicted molar refractivity (Wildman–Crippen MR) is 65.7 cm³/mol. The van der Waals surface area contributed by atoms with Crippen molar-refractivity contribution in [1.82, 2.24) is 4.98 Å². The number of halogens is 1. The number of aryl methyl sites for hydroxylation is 1. The molecule has 0 bridgehead atoms. The molecule has 1 aromatic rings. The first-order valence-electron chi connectivity index (χ1n) is 5.13. The zero-order valence-corrected chi connectivity index (χ0v) is 10.8. The number of alkyl halides is 1. The first-order valence-corrected chi connectivity index (χ1v) is 6.92. The van der Waals surface area contributed by atoms with E-state index in [1.54, 1.807) is 11.3 Å². The molecule has 14 heavy (non-hydrogen) atoms. The zero-order chi connectivity index (χ0) is 9.97. The van der Waals surface area contributed by atoms with Gasteiger partial charge in [-0.1, -0.05) is 22.9 Å². The van der Waals surface area contributed by atoms with E-state index in [0.29, 0.717) is 4.83 Å². The van der Waals surface area contributed by atoms with E-state index in [4.69, 9.17) is 0 Å². The summed E-state index contributed by atoms with van der Waals surface area (Å²) < 4.78 is 0. The molecule has 0 aromatic carbocycles. The van der Waals surface area contributed by atoms with Crippen LogP contribution < -0.4 is 4.90 Å². The van der Waals surface area contributed by atoms with E-state index in [9.17, 15) is 0 Å². The average Bonchev–Trinajstić information content (AvgIpc) is 2.67. The number of piperidine rings is 1. The lowest BCUT2D eigenvalue weighted by molar-refractivity contribution is 0.596. The highest BCUT2D eigenvalue weighted by molar-refractivity contribution is 9.09. The Bertz CT molecular complexity index is 292. The Morgan fingerprint density at radius 1 is 1.57 bits per heavy atom. The van der Waals surface area contributed by atoms with Crippen LogP contribution in [-0.4, -0.2) is 22.9 Å². The van der Waals surface area contributed by atoms with E-state index in [2.05, 4.69) is 38.1 Å². The summed E-state index contributed by atoms with van der Waals surface area (Å²) in [5.74, 6) is 0. The maximum atomic E-state index is 4.61. The van der Waals surface area contributed by atoms with Crippen molar-refractivity contribution in [3.05, 3.63) is 11.1 Å². The summed E-state index contributed by atoms with van der Waals surface area (Å²) in [6.45, 7) is 4.45. The van der Waals surface area contributed by atoms with Gasteiger partial charge in [-0.3, -0.25) is 0 Å². The monoisotopic (exact) mass is 274 g/mol. The summed E-state index contributed by atoms with van der Waals surface area (Å²) in [5.41, 5.74) is 1.23. The molecule has 0 N–H and O–H groups in total. The van der Waals surface area contributed by atoms with Crippen LogP contribution in [0.15, 0.2) is 5.38 Å². The molecule has 1 saturated heterocycles. The maximum Gasteiger partial charge on any atom is 0.185 e. The summed E-state index contributed by atoms with van der Waals surface area (Å²) >= 11 is 5.44. The van der Waals surface area contributed by atoms with Crippen molar-refractivity contribution < 1.29 is 0 Å². The number of nitrogens with zero attached hydrogens (tertiary/aromatic N) is 2. The van der Waals surface area contributed by atoms with Gasteiger partial charge >= 0.3 is 0 Å². The van der Waals surface area contributed by atoms with Gasteiger partial charge in [0.15, 0.2) is 5.13 Å². The second kappa shape index (κ2) is 4.62. The van der Waals surface area contributed by atoms with E-state index < -0.39 is 0 Å². The van der Waals surface area contributed by atoms with Gasteiger partial charge in [-0.2, -0.15) is 0 Å². The number of thiazole rings is 1. The molecule has 1 aromatic heterocycles. The minimum Gasteiger partial charge on any atom is -0.348 e. The molecule has 0 amide bonds. The standard InChI is InChI=1S/C10H15BrN2S/c1-2-9-7-14-10(12-9)13-5-3-8(11)4-6-13/h7-8H,2-6H2,1H3. The van der Waals surface area contributed by atoms with Gasteiger partial charge in [0.1, 0.15) is 0 Å². The molecule has 2 heterocycles. The fourth-order valence-corrected chi connectivity index (χ4v) is 3.02. The van der Waals surface area contributed by atoms with Gasteiger partial charge in [-0.05, 0) is 19.3 Å². The summed E-state index contributed by atoms with van der Waals surface area (Å²) in [4.78, 5) is 7.72. The number of anilines is 1. The molecule has 2 nitrogen and oxygen atoms in total. The largest absolute Gasteiger partial charge is 0.348 e. The first kappa shape index (κ1) is 10.4. The van der Waals surface area contributed by atoms with Crippen LogP contribution in [0.5, 0.6) is 0 Å². The van der Waals surface area contributed by atoms with Gasteiger partial charge in [0.05, 0.1) is 5.69 Å². The Balaban J connectivity index is 2.01. The van der Waals surface area contributed by atoms with Crippen LogP contribution in [0.1, 0.15) is 25.5 Å². The molecule has 0 unspecified atom stereocenters.